The number of rotatable bonds is 4. The zero-order valence-electron chi connectivity index (χ0n) is 12.5. The lowest BCUT2D eigenvalue weighted by Gasteiger charge is -2.08. The Morgan fingerprint density at radius 3 is 2.50 bits per heavy atom. The third-order valence-electron chi connectivity index (χ3n) is 3.85. The lowest BCUT2D eigenvalue weighted by Crippen LogP contribution is -2.08. The fraction of sp³-hybridized carbons (Fsp3) is 0.167. The average molecular weight is 294 g/mol. The number of nitrogens with two attached hydrogens (primary N) is 1. The summed E-state index contributed by atoms with van der Waals surface area (Å²) < 4.78 is 6.83. The van der Waals surface area contributed by atoms with Gasteiger partial charge < -0.3 is 15.0 Å². The number of ether oxygens (including phenoxy) is 1. The van der Waals surface area contributed by atoms with E-state index in [1.165, 1.54) is 12.7 Å². The van der Waals surface area contributed by atoms with Gasteiger partial charge in [-0.2, -0.15) is 0 Å². The molecule has 0 aliphatic carbocycles. The molecule has 0 radical (unpaired) electrons. The molecule has 1 heterocycles. The number of methoxy groups -OCH3 is 1. The highest BCUT2D eigenvalue weighted by Crippen LogP contribution is 2.29. The van der Waals surface area contributed by atoms with Crippen LogP contribution in [0.5, 0.6) is 0 Å². The molecule has 2 aromatic carbocycles. The van der Waals surface area contributed by atoms with Crippen LogP contribution in [-0.2, 0) is 22.5 Å². The van der Waals surface area contributed by atoms with Gasteiger partial charge in [-0.25, -0.2) is 0 Å². The molecule has 0 saturated heterocycles. The molecule has 0 aliphatic rings. The van der Waals surface area contributed by atoms with Crippen molar-refractivity contribution in [2.45, 2.75) is 13.0 Å². The molecule has 0 spiro atoms. The lowest BCUT2D eigenvalue weighted by molar-refractivity contribution is -0.139. The van der Waals surface area contributed by atoms with Gasteiger partial charge in [-0.15, -0.1) is 0 Å². The van der Waals surface area contributed by atoms with Crippen LogP contribution in [0.1, 0.15) is 11.1 Å². The van der Waals surface area contributed by atoms with Crippen LogP contribution in [-0.4, -0.2) is 17.6 Å². The van der Waals surface area contributed by atoms with Gasteiger partial charge in [0.2, 0.25) is 0 Å². The predicted molar refractivity (Wildman–Crippen MR) is 87.6 cm³/mol. The summed E-state index contributed by atoms with van der Waals surface area (Å²) in [7, 11) is 1.39. The van der Waals surface area contributed by atoms with E-state index in [-0.39, 0.29) is 12.4 Å². The highest BCUT2D eigenvalue weighted by Gasteiger charge is 2.17. The summed E-state index contributed by atoms with van der Waals surface area (Å²) >= 11 is 0. The molecular weight excluding hydrogens is 276 g/mol. The number of nitrogen functional groups attached to an aromatic ring is 1. The maximum absolute atomic E-state index is 11.7. The fourth-order valence-corrected chi connectivity index (χ4v) is 2.73. The third kappa shape index (κ3) is 2.55. The van der Waals surface area contributed by atoms with Crippen LogP contribution in [0.25, 0.3) is 10.9 Å². The number of aromatic nitrogens is 1. The molecule has 3 rings (SSSR count). The number of carbonyl (C=O) groups excluding carboxylic acids is 1. The summed E-state index contributed by atoms with van der Waals surface area (Å²) in [5.74, 6) is 0.338. The summed E-state index contributed by atoms with van der Waals surface area (Å²) in [6, 6.07) is 18.1. The summed E-state index contributed by atoms with van der Waals surface area (Å²) in [5.41, 5.74) is 9.35. The molecule has 112 valence electrons. The SMILES string of the molecule is COC(=O)Cc1c(N)n(Cc2ccccc2)c2ccccc12. The van der Waals surface area contributed by atoms with Gasteiger partial charge in [0.05, 0.1) is 19.0 Å². The Balaban J connectivity index is 2.10. The molecule has 3 aromatic rings. The molecule has 0 bridgehead atoms. The molecule has 4 heteroatoms. The molecular formula is C18H18N2O2. The predicted octanol–water partition coefficient (Wildman–Crippen LogP) is 2.99. The highest BCUT2D eigenvalue weighted by atomic mass is 16.5. The largest absolute Gasteiger partial charge is 0.469 e. The van der Waals surface area contributed by atoms with E-state index >= 15 is 0 Å². The van der Waals surface area contributed by atoms with E-state index in [1.807, 2.05) is 47.0 Å². The van der Waals surface area contributed by atoms with E-state index in [0.29, 0.717) is 12.4 Å². The van der Waals surface area contributed by atoms with Gasteiger partial charge in [0.25, 0.3) is 0 Å². The maximum Gasteiger partial charge on any atom is 0.310 e. The summed E-state index contributed by atoms with van der Waals surface area (Å²) in [6.07, 6.45) is 0.185. The minimum absolute atomic E-state index is 0.185. The second kappa shape index (κ2) is 5.93. The molecule has 22 heavy (non-hydrogen) atoms. The molecule has 0 aliphatic heterocycles. The van der Waals surface area contributed by atoms with Crippen molar-refractivity contribution in [1.29, 1.82) is 0 Å². The van der Waals surface area contributed by atoms with Gasteiger partial charge in [-0.05, 0) is 11.6 Å². The van der Waals surface area contributed by atoms with Crippen LogP contribution in [0.15, 0.2) is 54.6 Å². The zero-order chi connectivity index (χ0) is 15.5. The van der Waals surface area contributed by atoms with Crippen LogP contribution in [0.4, 0.5) is 5.82 Å². The summed E-state index contributed by atoms with van der Waals surface area (Å²) in [6.45, 7) is 0.675. The minimum atomic E-state index is -0.283. The molecule has 0 amide bonds. The van der Waals surface area contributed by atoms with Gasteiger partial charge in [0.15, 0.2) is 0 Å². The van der Waals surface area contributed by atoms with Crippen molar-refractivity contribution in [3.05, 3.63) is 65.7 Å². The first kappa shape index (κ1) is 14.2. The normalized spacial score (nSPS) is 10.8. The fourth-order valence-electron chi connectivity index (χ4n) is 2.73. The molecule has 0 fully saturated rings. The van der Waals surface area contributed by atoms with Gasteiger partial charge in [0, 0.05) is 17.5 Å². The van der Waals surface area contributed by atoms with E-state index in [2.05, 4.69) is 12.1 Å². The smallest absolute Gasteiger partial charge is 0.310 e. The van der Waals surface area contributed by atoms with Gasteiger partial charge in [-0.1, -0.05) is 48.5 Å². The van der Waals surface area contributed by atoms with Crippen molar-refractivity contribution < 1.29 is 9.53 Å². The number of benzene rings is 2. The zero-order valence-corrected chi connectivity index (χ0v) is 12.5. The monoisotopic (exact) mass is 294 g/mol. The molecule has 4 nitrogen and oxygen atoms in total. The molecule has 2 N–H and O–H groups in total. The second-order valence-electron chi connectivity index (χ2n) is 5.21. The van der Waals surface area contributed by atoms with Crippen molar-refractivity contribution in [3.63, 3.8) is 0 Å². The standard InChI is InChI=1S/C18H18N2O2/c1-22-17(21)11-15-14-9-5-6-10-16(14)20(18(15)19)12-13-7-3-2-4-8-13/h2-10H,11-12,19H2,1H3. The third-order valence-corrected chi connectivity index (χ3v) is 3.85. The van der Waals surface area contributed by atoms with Crippen LogP contribution in [0.3, 0.4) is 0 Å². The number of esters is 1. The van der Waals surface area contributed by atoms with E-state index < -0.39 is 0 Å². The Hall–Kier alpha value is -2.75. The van der Waals surface area contributed by atoms with Crippen molar-refractivity contribution in [1.82, 2.24) is 4.57 Å². The Morgan fingerprint density at radius 1 is 1.09 bits per heavy atom. The first-order valence-electron chi connectivity index (χ1n) is 7.17. The van der Waals surface area contributed by atoms with Crippen molar-refractivity contribution >= 4 is 22.7 Å². The van der Waals surface area contributed by atoms with Crippen LogP contribution in [0, 0.1) is 0 Å². The lowest BCUT2D eigenvalue weighted by atomic mass is 10.1. The van der Waals surface area contributed by atoms with Gasteiger partial charge in [-0.3, -0.25) is 4.79 Å². The minimum Gasteiger partial charge on any atom is -0.469 e. The Labute approximate surface area is 129 Å². The summed E-state index contributed by atoms with van der Waals surface area (Å²) in [4.78, 5) is 11.7. The first-order valence-corrected chi connectivity index (χ1v) is 7.17. The van der Waals surface area contributed by atoms with Crippen LogP contribution < -0.4 is 5.73 Å². The number of hydrogen-bond acceptors (Lipinski definition) is 3. The molecule has 1 aromatic heterocycles. The molecule has 0 saturated carbocycles. The number of nitrogens with zero attached hydrogens (tertiary/aromatic N) is 1. The number of hydrogen-bond donors (Lipinski definition) is 1. The van der Waals surface area contributed by atoms with Crippen molar-refractivity contribution in [2.24, 2.45) is 0 Å². The van der Waals surface area contributed by atoms with E-state index in [9.17, 15) is 4.79 Å². The van der Waals surface area contributed by atoms with E-state index in [4.69, 9.17) is 10.5 Å². The topological polar surface area (TPSA) is 57.2 Å². The number of fused-ring (bicyclic) bond motifs is 1. The maximum atomic E-state index is 11.7. The van der Waals surface area contributed by atoms with Crippen molar-refractivity contribution in [3.8, 4) is 0 Å². The Morgan fingerprint density at radius 2 is 1.77 bits per heavy atom. The summed E-state index contributed by atoms with van der Waals surface area (Å²) in [5, 5.41) is 1.00. The Kier molecular flexibility index (Phi) is 3.83. The highest BCUT2D eigenvalue weighted by molar-refractivity contribution is 5.93. The molecule has 0 unspecified atom stereocenters. The number of carbonyl (C=O) groups is 1. The Bertz CT molecular complexity index is 807. The molecule has 0 atom stereocenters. The number of anilines is 1. The van der Waals surface area contributed by atoms with Crippen LogP contribution in [0.2, 0.25) is 0 Å². The van der Waals surface area contributed by atoms with Gasteiger partial charge >= 0.3 is 5.97 Å². The van der Waals surface area contributed by atoms with Crippen LogP contribution >= 0.6 is 0 Å². The van der Waals surface area contributed by atoms with Crippen molar-refractivity contribution in [2.75, 3.05) is 12.8 Å². The first-order chi connectivity index (χ1) is 10.7. The number of para-hydroxylation sites is 1. The van der Waals surface area contributed by atoms with Gasteiger partial charge in [0.1, 0.15) is 5.82 Å². The van der Waals surface area contributed by atoms with E-state index in [0.717, 1.165) is 16.5 Å². The average Bonchev–Trinajstić information content (AvgIpc) is 2.82. The quantitative estimate of drug-likeness (QED) is 0.753. The van der Waals surface area contributed by atoms with E-state index in [1.54, 1.807) is 0 Å². The second-order valence-corrected chi connectivity index (χ2v) is 5.21.